The number of rotatable bonds is 2. The molecule has 1 unspecified atom stereocenters. The van der Waals surface area contributed by atoms with Gasteiger partial charge in [0.1, 0.15) is 11.3 Å². The summed E-state index contributed by atoms with van der Waals surface area (Å²) in [4.78, 5) is 12.8. The zero-order valence-electron chi connectivity index (χ0n) is 12.0. The van der Waals surface area contributed by atoms with Crippen LogP contribution in [-0.2, 0) is 4.74 Å². The minimum atomic E-state index is -0.653. The number of ether oxygens (including phenoxy) is 2. The van der Waals surface area contributed by atoms with Gasteiger partial charge in [-0.1, -0.05) is 30.3 Å². The summed E-state index contributed by atoms with van der Waals surface area (Å²) in [6, 6.07) is 15.0. The number of fused-ring (bicyclic) bond motifs is 3. The molecule has 110 valence electrons. The topological polar surface area (TPSA) is 48.7 Å². The first kappa shape index (κ1) is 13.1. The Bertz CT molecular complexity index is 835. The highest BCUT2D eigenvalue weighted by Crippen LogP contribution is 2.41. The molecular formula is C18H14O4. The molecule has 2 heterocycles. The van der Waals surface area contributed by atoms with Crippen molar-refractivity contribution in [2.45, 2.75) is 12.2 Å². The van der Waals surface area contributed by atoms with Crippen molar-refractivity contribution in [1.82, 2.24) is 0 Å². The van der Waals surface area contributed by atoms with E-state index in [-0.39, 0.29) is 5.78 Å². The number of Topliss-reactive ketones (excluding diaryl/α,β-unsaturated/α-hetero) is 1. The van der Waals surface area contributed by atoms with Crippen LogP contribution in [0.1, 0.15) is 22.0 Å². The van der Waals surface area contributed by atoms with Gasteiger partial charge in [-0.2, -0.15) is 0 Å². The number of carbonyl (C=O) groups is 1. The van der Waals surface area contributed by atoms with Crippen molar-refractivity contribution in [3.05, 3.63) is 65.9 Å². The van der Waals surface area contributed by atoms with Crippen molar-refractivity contribution in [2.75, 3.05) is 7.11 Å². The first-order valence-electron chi connectivity index (χ1n) is 7.08. The van der Waals surface area contributed by atoms with E-state index in [0.717, 1.165) is 10.9 Å². The maximum Gasteiger partial charge on any atom is 0.199 e. The van der Waals surface area contributed by atoms with Crippen LogP contribution >= 0.6 is 0 Å². The smallest absolute Gasteiger partial charge is 0.199 e. The number of furan rings is 1. The van der Waals surface area contributed by atoms with Crippen molar-refractivity contribution >= 4 is 16.8 Å². The van der Waals surface area contributed by atoms with Gasteiger partial charge in [-0.15, -0.1) is 0 Å². The van der Waals surface area contributed by atoms with E-state index in [0.29, 0.717) is 16.9 Å². The Labute approximate surface area is 127 Å². The van der Waals surface area contributed by atoms with Gasteiger partial charge in [-0.05, 0) is 23.8 Å². The normalized spacial score (nSPS) is 20.7. The molecule has 1 aliphatic rings. The average Bonchev–Trinajstić information content (AvgIpc) is 3.04. The van der Waals surface area contributed by atoms with Crippen LogP contribution in [0.5, 0.6) is 5.75 Å². The van der Waals surface area contributed by atoms with Crippen LogP contribution in [0.4, 0.5) is 0 Å². The molecule has 0 fully saturated rings. The van der Waals surface area contributed by atoms with E-state index in [2.05, 4.69) is 0 Å². The Kier molecular flexibility index (Phi) is 2.98. The van der Waals surface area contributed by atoms with Crippen LogP contribution in [0.3, 0.4) is 0 Å². The minimum Gasteiger partial charge on any atom is -0.481 e. The van der Waals surface area contributed by atoms with Crippen LogP contribution in [0.15, 0.2) is 59.2 Å². The number of hydrogen-bond donors (Lipinski definition) is 0. The second-order valence-electron chi connectivity index (χ2n) is 5.24. The third kappa shape index (κ3) is 1.84. The van der Waals surface area contributed by atoms with E-state index in [4.69, 9.17) is 13.9 Å². The molecule has 4 heteroatoms. The zero-order valence-corrected chi connectivity index (χ0v) is 12.0. The summed E-state index contributed by atoms with van der Waals surface area (Å²) in [6.07, 6.45) is 0.476. The molecule has 0 amide bonds. The number of benzene rings is 2. The highest BCUT2D eigenvalue weighted by molar-refractivity contribution is 6.07. The second kappa shape index (κ2) is 5.00. The lowest BCUT2D eigenvalue weighted by Gasteiger charge is -2.32. The quantitative estimate of drug-likeness (QED) is 0.722. The van der Waals surface area contributed by atoms with Gasteiger partial charge in [-0.3, -0.25) is 4.79 Å². The van der Waals surface area contributed by atoms with Crippen LogP contribution in [0, 0.1) is 0 Å². The van der Waals surface area contributed by atoms with Crippen LogP contribution in [-0.4, -0.2) is 19.0 Å². The molecule has 0 spiro atoms. The molecule has 2 aromatic carbocycles. The number of hydrogen-bond acceptors (Lipinski definition) is 4. The summed E-state index contributed by atoms with van der Waals surface area (Å²) in [7, 11) is 1.53. The monoisotopic (exact) mass is 294 g/mol. The fourth-order valence-corrected chi connectivity index (χ4v) is 2.93. The van der Waals surface area contributed by atoms with Crippen molar-refractivity contribution in [2.24, 2.45) is 0 Å². The number of methoxy groups -OCH3 is 1. The summed E-state index contributed by atoms with van der Waals surface area (Å²) in [5, 5.41) is 0.807. The van der Waals surface area contributed by atoms with Crippen molar-refractivity contribution in [3.63, 3.8) is 0 Å². The van der Waals surface area contributed by atoms with Crippen molar-refractivity contribution < 1.29 is 18.7 Å². The Hall–Kier alpha value is -2.59. The molecule has 0 N–H and O–H groups in total. The lowest BCUT2D eigenvalue weighted by atomic mass is 9.92. The van der Waals surface area contributed by atoms with Gasteiger partial charge >= 0.3 is 0 Å². The highest BCUT2D eigenvalue weighted by atomic mass is 16.5. The molecule has 0 aliphatic carbocycles. The minimum absolute atomic E-state index is 0.0688. The van der Waals surface area contributed by atoms with Crippen LogP contribution < -0.4 is 4.74 Å². The van der Waals surface area contributed by atoms with Gasteiger partial charge in [0, 0.05) is 7.11 Å². The van der Waals surface area contributed by atoms with Crippen molar-refractivity contribution in [3.8, 4) is 5.75 Å². The van der Waals surface area contributed by atoms with E-state index >= 15 is 0 Å². The Balaban J connectivity index is 1.89. The maximum atomic E-state index is 12.8. The van der Waals surface area contributed by atoms with Gasteiger partial charge in [-0.25, -0.2) is 0 Å². The molecule has 3 aromatic rings. The van der Waals surface area contributed by atoms with Crippen LogP contribution in [0.25, 0.3) is 11.0 Å². The van der Waals surface area contributed by atoms with Gasteiger partial charge in [0.05, 0.1) is 17.2 Å². The third-order valence-corrected chi connectivity index (χ3v) is 4.01. The van der Waals surface area contributed by atoms with Gasteiger partial charge in [0.2, 0.25) is 0 Å². The molecule has 0 saturated carbocycles. The molecule has 2 atom stereocenters. The molecule has 0 bridgehead atoms. The molecule has 0 radical (unpaired) electrons. The zero-order chi connectivity index (χ0) is 15.1. The SMILES string of the molecule is COC1C(=O)c2ccc3occc3c2O[C@@H]1c1ccccc1. The fraction of sp³-hybridized carbons (Fsp3) is 0.167. The van der Waals surface area contributed by atoms with Gasteiger partial charge < -0.3 is 13.9 Å². The number of carbonyl (C=O) groups excluding carboxylic acids is 1. The number of ketones is 1. The molecule has 1 aromatic heterocycles. The van der Waals surface area contributed by atoms with E-state index < -0.39 is 12.2 Å². The molecule has 22 heavy (non-hydrogen) atoms. The van der Waals surface area contributed by atoms with E-state index in [1.165, 1.54) is 7.11 Å². The first-order valence-corrected chi connectivity index (χ1v) is 7.08. The van der Waals surface area contributed by atoms with Gasteiger partial charge in [0.25, 0.3) is 0 Å². The Morgan fingerprint density at radius 1 is 1.05 bits per heavy atom. The van der Waals surface area contributed by atoms with Crippen molar-refractivity contribution in [1.29, 1.82) is 0 Å². The lowest BCUT2D eigenvalue weighted by Crippen LogP contribution is -2.37. The summed E-state index contributed by atoms with van der Waals surface area (Å²) >= 11 is 0. The molecule has 1 aliphatic heterocycles. The predicted molar refractivity (Wildman–Crippen MR) is 81.2 cm³/mol. The first-order chi connectivity index (χ1) is 10.8. The van der Waals surface area contributed by atoms with E-state index in [9.17, 15) is 4.79 Å². The predicted octanol–water partition coefficient (Wildman–Crippen LogP) is 3.76. The average molecular weight is 294 g/mol. The maximum absolute atomic E-state index is 12.8. The molecule has 4 rings (SSSR count). The Morgan fingerprint density at radius 2 is 1.86 bits per heavy atom. The third-order valence-electron chi connectivity index (χ3n) is 4.01. The summed E-state index contributed by atoms with van der Waals surface area (Å²) in [5.74, 6) is 0.499. The standard InChI is InChI=1S/C18H14O4/c1-20-18-15(19)13-7-8-14-12(9-10-21-14)17(13)22-16(18)11-5-3-2-4-6-11/h2-10,16,18H,1H3/t16-,18?/m1/s1. The molecule has 4 nitrogen and oxygen atoms in total. The lowest BCUT2D eigenvalue weighted by molar-refractivity contribution is 0.0000676. The largest absolute Gasteiger partial charge is 0.481 e. The summed E-state index contributed by atoms with van der Waals surface area (Å²) < 4.78 is 17.0. The molecular weight excluding hydrogens is 280 g/mol. The highest BCUT2D eigenvalue weighted by Gasteiger charge is 2.39. The van der Waals surface area contributed by atoms with E-state index in [1.807, 2.05) is 36.4 Å². The Morgan fingerprint density at radius 3 is 2.64 bits per heavy atom. The molecule has 0 saturated heterocycles. The van der Waals surface area contributed by atoms with Crippen LogP contribution in [0.2, 0.25) is 0 Å². The van der Waals surface area contributed by atoms with E-state index in [1.54, 1.807) is 18.4 Å². The fourth-order valence-electron chi connectivity index (χ4n) is 2.93. The second-order valence-corrected chi connectivity index (χ2v) is 5.24. The summed E-state index contributed by atoms with van der Waals surface area (Å²) in [5.41, 5.74) is 2.15. The van der Waals surface area contributed by atoms with Gasteiger partial charge in [0.15, 0.2) is 18.0 Å². The summed E-state index contributed by atoms with van der Waals surface area (Å²) in [6.45, 7) is 0.